The van der Waals surface area contributed by atoms with Gasteiger partial charge in [-0.05, 0) is 116 Å². The number of nitrogens with zero attached hydrogens (tertiary/aromatic N) is 6. The molecule has 2 aromatic rings. The Morgan fingerprint density at radius 1 is 0.574 bits per heavy atom. The second-order valence-corrected chi connectivity index (χ2v) is 19.8. The molecule has 0 aliphatic carbocycles. The fourth-order valence-electron chi connectivity index (χ4n) is 9.64. The number of amides is 4. The topological polar surface area (TPSA) is 121 Å². The van der Waals surface area contributed by atoms with Crippen LogP contribution in [0.4, 0.5) is 0 Å². The first-order chi connectivity index (χ1) is 29.7. The molecule has 6 heterocycles. The van der Waals surface area contributed by atoms with E-state index in [2.05, 4.69) is 42.4 Å². The van der Waals surface area contributed by atoms with Crippen LogP contribution < -0.4 is 10.6 Å². The van der Waals surface area contributed by atoms with Crippen molar-refractivity contribution in [3.8, 4) is 0 Å². The molecule has 13 nitrogen and oxygen atoms in total. The largest absolute Gasteiger partial charge is 0.375 e. The Kier molecular flexibility index (Phi) is 18.9. The number of hydrogen-bond donors (Lipinski definition) is 2. The summed E-state index contributed by atoms with van der Waals surface area (Å²) >= 11 is 3.13. The summed E-state index contributed by atoms with van der Waals surface area (Å²) in [7, 11) is 0. The number of carbonyl (C=O) groups is 4. The molecule has 4 aliphatic rings. The van der Waals surface area contributed by atoms with E-state index in [1.54, 1.807) is 22.7 Å². The fourth-order valence-corrected chi connectivity index (χ4v) is 11.6. The Balaban J connectivity index is 0.797. The van der Waals surface area contributed by atoms with Crippen LogP contribution in [-0.4, -0.2) is 170 Å². The van der Waals surface area contributed by atoms with E-state index in [-0.39, 0.29) is 35.5 Å². The lowest BCUT2D eigenvalue weighted by Crippen LogP contribution is -2.44. The van der Waals surface area contributed by atoms with E-state index in [1.165, 1.54) is 9.75 Å². The van der Waals surface area contributed by atoms with E-state index in [9.17, 15) is 19.2 Å². The molecule has 4 amide bonds. The molecule has 0 unspecified atom stereocenters. The van der Waals surface area contributed by atoms with Gasteiger partial charge in [-0.3, -0.25) is 29.0 Å². The molecular formula is C46H74N8O5S2. The van der Waals surface area contributed by atoms with Crippen molar-refractivity contribution in [3.63, 3.8) is 0 Å². The molecule has 0 saturated carbocycles. The summed E-state index contributed by atoms with van der Waals surface area (Å²) in [5, 5.41) is 6.28. The maximum Gasteiger partial charge on any atom is 0.261 e. The molecule has 0 aromatic carbocycles. The Morgan fingerprint density at radius 2 is 0.967 bits per heavy atom. The van der Waals surface area contributed by atoms with Crippen LogP contribution in [0.3, 0.4) is 0 Å². The lowest BCUT2D eigenvalue weighted by Gasteiger charge is -2.37. The summed E-state index contributed by atoms with van der Waals surface area (Å²) in [4.78, 5) is 69.2. The zero-order valence-corrected chi connectivity index (χ0v) is 39.2. The summed E-state index contributed by atoms with van der Waals surface area (Å²) in [6, 6.07) is 8.02. The lowest BCUT2D eigenvalue weighted by molar-refractivity contribution is -0.137. The van der Waals surface area contributed by atoms with E-state index in [4.69, 9.17) is 4.74 Å². The number of carbonyl (C=O) groups excluding carboxylic acids is 4. The van der Waals surface area contributed by atoms with E-state index in [0.29, 0.717) is 25.3 Å². The van der Waals surface area contributed by atoms with Crippen LogP contribution in [0.25, 0.3) is 0 Å². The average molecular weight is 883 g/mol. The standard InChI is InChI=1S/C46H74N8O5S2/c1-5-53(6-2)45(57)35-11-9-23-51(31-35)33-39-13-15-41(60-39)43(55)47-21-29-49-25-17-37(18-26-49)59-38-19-27-50(28-20-38)30-22-48-44(56)42-16-14-40(61-42)34-52-24-10-12-36(32-52)46(58)54(7-3)8-4/h13-16,35-38H,5-12,17-34H2,1-4H3,(H,47,55)(H,48,56)/t35-,36-/m1/s1. The van der Waals surface area contributed by atoms with Crippen molar-refractivity contribution in [2.45, 2.75) is 104 Å². The van der Waals surface area contributed by atoms with Crippen LogP contribution in [0.2, 0.25) is 0 Å². The van der Waals surface area contributed by atoms with Gasteiger partial charge in [-0.15, -0.1) is 22.7 Å². The van der Waals surface area contributed by atoms with Crippen molar-refractivity contribution >= 4 is 46.3 Å². The van der Waals surface area contributed by atoms with Crippen LogP contribution in [0.15, 0.2) is 24.3 Å². The number of piperidine rings is 4. The second-order valence-electron chi connectivity index (χ2n) is 17.4. The second kappa shape index (κ2) is 24.2. The van der Waals surface area contributed by atoms with Gasteiger partial charge in [0.05, 0.1) is 33.8 Å². The molecule has 0 radical (unpaired) electrons. The summed E-state index contributed by atoms with van der Waals surface area (Å²) in [6.07, 6.45) is 8.65. The first-order valence-electron chi connectivity index (χ1n) is 23.5. The molecule has 2 aromatic heterocycles. The van der Waals surface area contributed by atoms with Crippen molar-refractivity contribution < 1.29 is 23.9 Å². The highest BCUT2D eigenvalue weighted by Crippen LogP contribution is 2.26. The summed E-state index contributed by atoms with van der Waals surface area (Å²) < 4.78 is 6.59. The van der Waals surface area contributed by atoms with Gasteiger partial charge in [0.2, 0.25) is 11.8 Å². The lowest BCUT2D eigenvalue weighted by atomic mass is 9.96. The minimum atomic E-state index is -0.00285. The van der Waals surface area contributed by atoms with Gasteiger partial charge in [-0.2, -0.15) is 0 Å². The molecule has 2 N–H and O–H groups in total. The van der Waals surface area contributed by atoms with Gasteiger partial charge < -0.3 is 35.0 Å². The van der Waals surface area contributed by atoms with Crippen molar-refractivity contribution in [1.29, 1.82) is 0 Å². The molecule has 61 heavy (non-hydrogen) atoms. The van der Waals surface area contributed by atoms with E-state index in [0.717, 1.165) is 166 Å². The predicted octanol–water partition coefficient (Wildman–Crippen LogP) is 5.08. The molecule has 6 rings (SSSR count). The number of ether oxygens (including phenoxy) is 1. The number of rotatable bonds is 20. The third-order valence-corrected chi connectivity index (χ3v) is 15.4. The monoisotopic (exact) mass is 883 g/mol. The molecule has 4 saturated heterocycles. The van der Waals surface area contributed by atoms with E-state index in [1.807, 2.05) is 49.6 Å². The quantitative estimate of drug-likeness (QED) is 0.188. The van der Waals surface area contributed by atoms with Crippen LogP contribution >= 0.6 is 22.7 Å². The fraction of sp³-hybridized carbons (Fsp3) is 0.739. The predicted molar refractivity (Wildman–Crippen MR) is 245 cm³/mol. The van der Waals surface area contributed by atoms with Gasteiger partial charge in [0.25, 0.3) is 11.8 Å². The van der Waals surface area contributed by atoms with Crippen molar-refractivity contribution in [2.24, 2.45) is 11.8 Å². The highest BCUT2D eigenvalue weighted by molar-refractivity contribution is 7.14. The third-order valence-electron chi connectivity index (χ3n) is 13.3. The molecule has 2 atom stereocenters. The third kappa shape index (κ3) is 14.0. The number of likely N-dealkylation sites (tertiary alicyclic amines) is 4. The molecular weight excluding hydrogens is 809 g/mol. The zero-order valence-electron chi connectivity index (χ0n) is 37.5. The highest BCUT2D eigenvalue weighted by Gasteiger charge is 2.31. The average Bonchev–Trinajstić information content (AvgIpc) is 3.96. The van der Waals surface area contributed by atoms with Gasteiger partial charge >= 0.3 is 0 Å². The Morgan fingerprint density at radius 3 is 1.34 bits per heavy atom. The molecule has 4 fully saturated rings. The first kappa shape index (κ1) is 47.6. The van der Waals surface area contributed by atoms with Gasteiger partial charge in [0.15, 0.2) is 0 Å². The maximum atomic E-state index is 13.0. The smallest absolute Gasteiger partial charge is 0.261 e. The van der Waals surface area contributed by atoms with Crippen LogP contribution in [0, 0.1) is 11.8 Å². The molecule has 340 valence electrons. The normalized spacial score (nSPS) is 21.6. The Bertz CT molecular complexity index is 1560. The zero-order chi connectivity index (χ0) is 43.1. The van der Waals surface area contributed by atoms with Gasteiger partial charge in [0.1, 0.15) is 0 Å². The van der Waals surface area contributed by atoms with Crippen LogP contribution in [0.5, 0.6) is 0 Å². The first-order valence-corrected chi connectivity index (χ1v) is 25.2. The van der Waals surface area contributed by atoms with Gasteiger partial charge in [-0.25, -0.2) is 0 Å². The van der Waals surface area contributed by atoms with Crippen molar-refractivity contribution in [3.05, 3.63) is 43.8 Å². The summed E-state index contributed by atoms with van der Waals surface area (Å²) in [5.74, 6) is 0.692. The van der Waals surface area contributed by atoms with Crippen LogP contribution in [-0.2, 0) is 27.4 Å². The number of hydrogen-bond acceptors (Lipinski definition) is 11. The highest BCUT2D eigenvalue weighted by atomic mass is 32.1. The van der Waals surface area contributed by atoms with Crippen molar-refractivity contribution in [1.82, 2.24) is 40.0 Å². The number of thiophene rings is 2. The molecule has 0 spiro atoms. The molecule has 4 aliphatic heterocycles. The Labute approximate surface area is 373 Å². The van der Waals surface area contributed by atoms with Gasteiger partial charge in [-0.1, -0.05) is 0 Å². The SMILES string of the molecule is CCN(CC)C(=O)[C@@H]1CCCN(Cc2ccc(C(=O)NCCN3CCC(OC4CCN(CCNC(=O)c5ccc(CN6CCC[C@@H](C(=O)N(CC)CC)C6)s5)CC4)CC3)s2)C1. The minimum Gasteiger partial charge on any atom is -0.375 e. The van der Waals surface area contributed by atoms with Crippen molar-refractivity contribution in [2.75, 3.05) is 105 Å². The minimum absolute atomic E-state index is 0.00285. The summed E-state index contributed by atoms with van der Waals surface area (Å²) in [5.41, 5.74) is 0. The molecule has 15 heteroatoms. The molecule has 0 bridgehead atoms. The Hall–Kier alpha value is -2.92. The van der Waals surface area contributed by atoms with Gasteiger partial charge in [0, 0.05) is 114 Å². The van der Waals surface area contributed by atoms with E-state index < -0.39 is 0 Å². The number of nitrogens with one attached hydrogen (secondary N) is 2. The maximum absolute atomic E-state index is 13.0. The summed E-state index contributed by atoms with van der Waals surface area (Å²) in [6.45, 7) is 23.3. The van der Waals surface area contributed by atoms with E-state index >= 15 is 0 Å². The van der Waals surface area contributed by atoms with Crippen LogP contribution in [0.1, 0.15) is 108 Å².